The van der Waals surface area contributed by atoms with Crippen LogP contribution in [0.5, 0.6) is 0 Å². The lowest BCUT2D eigenvalue weighted by molar-refractivity contribution is 0.655. The average molecular weight is 345 g/mol. The van der Waals surface area contributed by atoms with Crippen molar-refractivity contribution in [3.8, 4) is 0 Å². The van der Waals surface area contributed by atoms with Gasteiger partial charge in [0.1, 0.15) is 0 Å². The molecule has 1 atom stereocenters. The van der Waals surface area contributed by atoms with E-state index in [2.05, 4.69) is 28.2 Å². The van der Waals surface area contributed by atoms with E-state index in [-0.39, 0.29) is 24.3 Å². The molecule has 0 bridgehead atoms. The van der Waals surface area contributed by atoms with Crippen LogP contribution < -0.4 is 11.5 Å². The van der Waals surface area contributed by atoms with Crippen molar-refractivity contribution >= 4 is 24.1 Å². The molecule has 0 fully saturated rings. The molecular formula is C17H21ClN6. The van der Waals surface area contributed by atoms with Crippen molar-refractivity contribution in [2.75, 3.05) is 0 Å². The van der Waals surface area contributed by atoms with Crippen LogP contribution in [0.25, 0.3) is 0 Å². The van der Waals surface area contributed by atoms with Gasteiger partial charge in [-0.25, -0.2) is 0 Å². The molecule has 2 aromatic rings. The van der Waals surface area contributed by atoms with E-state index in [0.29, 0.717) is 0 Å². The minimum Gasteiger partial charge on any atom is -0.369 e. The van der Waals surface area contributed by atoms with Gasteiger partial charge in [-0.15, -0.1) is 17.5 Å². The van der Waals surface area contributed by atoms with Crippen molar-refractivity contribution in [2.24, 2.45) is 21.7 Å². The zero-order chi connectivity index (χ0) is 16.4. The highest BCUT2D eigenvalue weighted by molar-refractivity contribution is 6.04. The summed E-state index contributed by atoms with van der Waals surface area (Å²) in [5.74, 6) is 0.182. The zero-order valence-electron chi connectivity index (χ0n) is 13.7. The number of nitrogens with two attached hydrogens (primary N) is 2. The largest absolute Gasteiger partial charge is 0.369 e. The second kappa shape index (κ2) is 7.40. The van der Waals surface area contributed by atoms with Gasteiger partial charge in [-0.05, 0) is 44.0 Å². The Morgan fingerprint density at radius 1 is 1.21 bits per heavy atom. The monoisotopic (exact) mass is 344 g/mol. The van der Waals surface area contributed by atoms with E-state index in [1.165, 1.54) is 0 Å². The molecule has 0 saturated heterocycles. The number of guanidine groups is 1. The molecule has 6 nitrogen and oxygen atoms in total. The quantitative estimate of drug-likeness (QED) is 0.495. The maximum Gasteiger partial charge on any atom is 0.211 e. The zero-order valence-corrected chi connectivity index (χ0v) is 14.5. The molecule has 2 aromatic heterocycles. The second-order valence-electron chi connectivity index (χ2n) is 5.83. The third-order valence-corrected chi connectivity index (χ3v) is 3.98. The van der Waals surface area contributed by atoms with Gasteiger partial charge in [0.15, 0.2) is 0 Å². The third-order valence-electron chi connectivity index (χ3n) is 3.98. The predicted octanol–water partition coefficient (Wildman–Crippen LogP) is 2.22. The number of halogens is 1. The summed E-state index contributed by atoms with van der Waals surface area (Å²) in [5, 5.41) is 8.13. The van der Waals surface area contributed by atoms with Crippen molar-refractivity contribution in [1.82, 2.24) is 9.97 Å². The highest BCUT2D eigenvalue weighted by Crippen LogP contribution is 2.33. The van der Waals surface area contributed by atoms with E-state index in [9.17, 15) is 0 Å². The molecule has 1 aliphatic carbocycles. The van der Waals surface area contributed by atoms with Gasteiger partial charge < -0.3 is 11.5 Å². The number of nitrogens with zero attached hydrogens (tertiary/aromatic N) is 4. The number of fused-ring (bicyclic) bond motifs is 1. The van der Waals surface area contributed by atoms with Gasteiger partial charge in [-0.2, -0.15) is 5.10 Å². The Bertz CT molecular complexity index is 781. The minimum atomic E-state index is -0.0447. The number of hydrogen-bond donors (Lipinski definition) is 2. The molecule has 4 N–H and O–H groups in total. The molecule has 2 heterocycles. The van der Waals surface area contributed by atoms with Crippen molar-refractivity contribution < 1.29 is 0 Å². The molecule has 24 heavy (non-hydrogen) atoms. The van der Waals surface area contributed by atoms with Crippen LogP contribution in [0.1, 0.15) is 40.5 Å². The van der Waals surface area contributed by atoms with Crippen LogP contribution >= 0.6 is 12.4 Å². The van der Waals surface area contributed by atoms with Gasteiger partial charge in [-0.3, -0.25) is 9.97 Å². The van der Waals surface area contributed by atoms with Crippen LogP contribution in [0.3, 0.4) is 0 Å². The first kappa shape index (κ1) is 17.9. The van der Waals surface area contributed by atoms with E-state index in [1.54, 1.807) is 0 Å². The van der Waals surface area contributed by atoms with Crippen LogP contribution in [0.15, 0.2) is 40.7 Å². The van der Waals surface area contributed by atoms with Gasteiger partial charge in [0, 0.05) is 35.5 Å². The van der Waals surface area contributed by atoms with Crippen molar-refractivity contribution in [3.63, 3.8) is 0 Å². The Morgan fingerprint density at radius 2 is 2.00 bits per heavy atom. The van der Waals surface area contributed by atoms with E-state index < -0.39 is 0 Å². The van der Waals surface area contributed by atoms with Crippen LogP contribution in [0.2, 0.25) is 0 Å². The number of pyridine rings is 2. The molecule has 0 aromatic carbocycles. The molecule has 1 unspecified atom stereocenters. The van der Waals surface area contributed by atoms with E-state index >= 15 is 0 Å². The van der Waals surface area contributed by atoms with Crippen LogP contribution in [-0.2, 0) is 6.42 Å². The first-order valence-corrected chi connectivity index (χ1v) is 7.58. The van der Waals surface area contributed by atoms with Gasteiger partial charge in [-0.1, -0.05) is 6.07 Å². The van der Waals surface area contributed by atoms with Gasteiger partial charge >= 0.3 is 0 Å². The SMILES string of the molecule is Cc1cc(C)c2c(n1)CC(c1ccccn1)CC2=NN=C(N)N.Cl. The summed E-state index contributed by atoms with van der Waals surface area (Å²) in [6.07, 6.45) is 3.40. The van der Waals surface area contributed by atoms with Crippen LogP contribution in [-0.4, -0.2) is 21.6 Å². The Kier molecular flexibility index (Phi) is 5.51. The highest BCUT2D eigenvalue weighted by Gasteiger charge is 2.28. The maximum atomic E-state index is 5.43. The first-order valence-electron chi connectivity index (χ1n) is 7.58. The Labute approximate surface area is 147 Å². The molecule has 0 radical (unpaired) electrons. The Balaban J connectivity index is 0.00000208. The average Bonchev–Trinajstić information content (AvgIpc) is 2.52. The number of aryl methyl sites for hydroxylation is 2. The maximum absolute atomic E-state index is 5.43. The fraction of sp³-hybridized carbons (Fsp3) is 0.294. The summed E-state index contributed by atoms with van der Waals surface area (Å²) in [6.45, 7) is 4.07. The lowest BCUT2D eigenvalue weighted by atomic mass is 9.81. The summed E-state index contributed by atoms with van der Waals surface area (Å²) in [6, 6.07) is 8.02. The van der Waals surface area contributed by atoms with Gasteiger partial charge in [0.05, 0.1) is 11.4 Å². The summed E-state index contributed by atoms with van der Waals surface area (Å²) in [4.78, 5) is 9.19. The molecule has 126 valence electrons. The predicted molar refractivity (Wildman–Crippen MR) is 98.6 cm³/mol. The third kappa shape index (κ3) is 3.71. The van der Waals surface area contributed by atoms with Gasteiger partial charge in [0.25, 0.3) is 0 Å². The normalized spacial score (nSPS) is 17.8. The van der Waals surface area contributed by atoms with Crippen LogP contribution in [0, 0.1) is 13.8 Å². The van der Waals surface area contributed by atoms with E-state index in [4.69, 9.17) is 16.5 Å². The smallest absolute Gasteiger partial charge is 0.211 e. The van der Waals surface area contributed by atoms with E-state index in [1.807, 2.05) is 31.3 Å². The Morgan fingerprint density at radius 3 is 2.67 bits per heavy atom. The number of rotatable bonds is 2. The fourth-order valence-corrected chi connectivity index (χ4v) is 3.13. The Hall–Kier alpha value is -2.47. The summed E-state index contributed by atoms with van der Waals surface area (Å²) < 4.78 is 0. The number of hydrogen-bond acceptors (Lipinski definition) is 4. The summed E-state index contributed by atoms with van der Waals surface area (Å²) in [5.41, 5.74) is 17.0. The van der Waals surface area contributed by atoms with Crippen molar-refractivity contribution in [2.45, 2.75) is 32.6 Å². The second-order valence-corrected chi connectivity index (χ2v) is 5.83. The summed E-state index contributed by atoms with van der Waals surface area (Å²) in [7, 11) is 0. The number of aromatic nitrogens is 2. The molecule has 7 heteroatoms. The molecular weight excluding hydrogens is 324 g/mol. The standard InChI is InChI=1S/C17H20N6.ClH/c1-10-7-11(2)21-14-8-12(13-5-3-4-6-20-13)9-15(16(10)14)22-23-17(18)19;/h3-7,12H,8-9H2,1-2H3,(H4,18,19,23);1H. The van der Waals surface area contributed by atoms with E-state index in [0.717, 1.165) is 46.8 Å². The van der Waals surface area contributed by atoms with Crippen LogP contribution in [0.4, 0.5) is 0 Å². The highest BCUT2D eigenvalue weighted by atomic mass is 35.5. The first-order chi connectivity index (χ1) is 11.0. The minimum absolute atomic E-state index is 0. The van der Waals surface area contributed by atoms with Gasteiger partial charge in [0.2, 0.25) is 5.96 Å². The lowest BCUT2D eigenvalue weighted by Gasteiger charge is -2.26. The molecule has 0 spiro atoms. The molecule has 0 amide bonds. The summed E-state index contributed by atoms with van der Waals surface area (Å²) >= 11 is 0. The van der Waals surface area contributed by atoms with Crippen molar-refractivity contribution in [3.05, 3.63) is 58.7 Å². The fourth-order valence-electron chi connectivity index (χ4n) is 3.13. The topological polar surface area (TPSA) is 103 Å². The molecule has 1 aliphatic rings. The lowest BCUT2D eigenvalue weighted by Crippen LogP contribution is -2.25. The molecule has 0 aliphatic heterocycles. The van der Waals surface area contributed by atoms with Crippen molar-refractivity contribution in [1.29, 1.82) is 0 Å². The molecule has 0 saturated carbocycles. The molecule has 3 rings (SSSR count).